The molecule has 164 valence electrons. The smallest absolute Gasteiger partial charge is 0.193 e. The summed E-state index contributed by atoms with van der Waals surface area (Å²) in [5.74, 6) is 1.67. The lowest BCUT2D eigenvalue weighted by atomic mass is 10.1. The van der Waals surface area contributed by atoms with Gasteiger partial charge in [-0.1, -0.05) is 32.0 Å². The van der Waals surface area contributed by atoms with Crippen LogP contribution in [0, 0.1) is 5.92 Å². The second kappa shape index (κ2) is 12.6. The molecule has 6 nitrogen and oxygen atoms in total. The number of para-hydroxylation sites is 1. The highest BCUT2D eigenvalue weighted by Gasteiger charge is 2.21. The molecule has 0 saturated carbocycles. The van der Waals surface area contributed by atoms with Gasteiger partial charge in [-0.2, -0.15) is 0 Å². The maximum absolute atomic E-state index is 4.54. The number of hydrogen-bond donors (Lipinski definition) is 1. The Labute approximate surface area is 194 Å². The monoisotopic (exact) mass is 514 g/mol. The van der Waals surface area contributed by atoms with E-state index in [1.54, 1.807) is 0 Å². The van der Waals surface area contributed by atoms with Crippen molar-refractivity contribution in [3.63, 3.8) is 0 Å². The summed E-state index contributed by atoms with van der Waals surface area (Å²) in [5.41, 5.74) is 1.32. The first-order chi connectivity index (χ1) is 13.7. The molecule has 7 heteroatoms. The van der Waals surface area contributed by atoms with Crippen LogP contribution in [-0.4, -0.2) is 99.7 Å². The van der Waals surface area contributed by atoms with Crippen molar-refractivity contribution in [1.82, 2.24) is 20.0 Å². The zero-order chi connectivity index (χ0) is 19.8. The Morgan fingerprint density at radius 2 is 1.59 bits per heavy atom. The largest absolute Gasteiger partial charge is 0.368 e. The van der Waals surface area contributed by atoms with Gasteiger partial charge in [-0.15, -0.1) is 24.0 Å². The van der Waals surface area contributed by atoms with Crippen LogP contribution in [0.1, 0.15) is 13.8 Å². The Hall–Kier alpha value is -1.06. The van der Waals surface area contributed by atoms with Gasteiger partial charge in [-0.05, 0) is 24.6 Å². The first-order valence-electron chi connectivity index (χ1n) is 10.9. The number of likely N-dealkylation sites (N-methyl/N-ethyl adjacent to an activating group) is 1. The van der Waals surface area contributed by atoms with E-state index in [4.69, 9.17) is 0 Å². The molecule has 3 rings (SSSR count). The minimum absolute atomic E-state index is 0. The summed E-state index contributed by atoms with van der Waals surface area (Å²) in [7, 11) is 1.90. The van der Waals surface area contributed by atoms with Gasteiger partial charge in [0.1, 0.15) is 0 Å². The van der Waals surface area contributed by atoms with E-state index >= 15 is 0 Å². The number of rotatable bonds is 6. The van der Waals surface area contributed by atoms with Gasteiger partial charge in [-0.25, -0.2) is 0 Å². The third kappa shape index (κ3) is 7.29. The Morgan fingerprint density at radius 1 is 0.966 bits per heavy atom. The predicted molar refractivity (Wildman–Crippen MR) is 135 cm³/mol. The van der Waals surface area contributed by atoms with Gasteiger partial charge in [0.25, 0.3) is 0 Å². The summed E-state index contributed by atoms with van der Waals surface area (Å²) in [6.45, 7) is 16.9. The average Bonchev–Trinajstić information content (AvgIpc) is 2.76. The van der Waals surface area contributed by atoms with Crippen molar-refractivity contribution in [1.29, 1.82) is 0 Å². The van der Waals surface area contributed by atoms with Crippen molar-refractivity contribution < 1.29 is 0 Å². The Kier molecular flexibility index (Phi) is 10.5. The van der Waals surface area contributed by atoms with E-state index in [9.17, 15) is 0 Å². The fourth-order valence-corrected chi connectivity index (χ4v) is 4.21. The molecule has 2 fully saturated rings. The van der Waals surface area contributed by atoms with Crippen LogP contribution in [0.3, 0.4) is 0 Å². The lowest BCUT2D eigenvalue weighted by molar-refractivity contribution is 0.124. The van der Waals surface area contributed by atoms with Crippen LogP contribution in [-0.2, 0) is 0 Å². The molecule has 1 aromatic rings. The quantitative estimate of drug-likeness (QED) is 0.358. The van der Waals surface area contributed by atoms with Crippen LogP contribution in [0.15, 0.2) is 35.3 Å². The lowest BCUT2D eigenvalue weighted by Gasteiger charge is -2.38. The van der Waals surface area contributed by atoms with Crippen LogP contribution in [0.2, 0.25) is 0 Å². The topological polar surface area (TPSA) is 37.4 Å². The van der Waals surface area contributed by atoms with E-state index in [0.717, 1.165) is 38.7 Å². The summed E-state index contributed by atoms with van der Waals surface area (Å²) in [6, 6.07) is 10.7. The number of nitrogens with one attached hydrogen (secondary N) is 1. The molecular formula is C22H39IN6. The fraction of sp³-hybridized carbons (Fsp3) is 0.682. The number of nitrogens with zero attached hydrogens (tertiary/aromatic N) is 5. The lowest BCUT2D eigenvalue weighted by Crippen LogP contribution is -2.53. The molecule has 1 atom stereocenters. The highest BCUT2D eigenvalue weighted by Crippen LogP contribution is 2.15. The third-order valence-corrected chi connectivity index (χ3v) is 6.00. The number of benzene rings is 1. The third-order valence-electron chi connectivity index (χ3n) is 6.00. The van der Waals surface area contributed by atoms with E-state index in [0.29, 0.717) is 5.92 Å². The fourth-order valence-electron chi connectivity index (χ4n) is 4.21. The number of guanidine groups is 1. The molecule has 0 aromatic heterocycles. The summed E-state index contributed by atoms with van der Waals surface area (Å²) in [5, 5.41) is 3.62. The van der Waals surface area contributed by atoms with Crippen molar-refractivity contribution in [2.24, 2.45) is 10.9 Å². The number of anilines is 1. The maximum Gasteiger partial charge on any atom is 0.193 e. The Bertz CT molecular complexity index is 595. The van der Waals surface area contributed by atoms with Crippen molar-refractivity contribution in [2.45, 2.75) is 13.8 Å². The van der Waals surface area contributed by atoms with Crippen molar-refractivity contribution in [3.05, 3.63) is 30.3 Å². The molecule has 2 saturated heterocycles. The SMILES string of the molecule is CCN1CCN(CC(C)CNC(=NC)N2CCN(c3ccccc3)CC2)CC1.I. The number of halogens is 1. The van der Waals surface area contributed by atoms with Crippen LogP contribution >= 0.6 is 24.0 Å². The number of hydrogen-bond acceptors (Lipinski definition) is 4. The van der Waals surface area contributed by atoms with Gasteiger partial charge in [0.05, 0.1) is 0 Å². The molecule has 1 unspecified atom stereocenters. The maximum atomic E-state index is 4.54. The standard InChI is InChI=1S/C22H38N6.HI/c1-4-25-10-12-26(13-11-25)19-20(2)18-24-22(23-3)28-16-14-27(15-17-28)21-8-6-5-7-9-21;/h5-9,20H,4,10-19H2,1-3H3,(H,23,24);1H. The van der Waals surface area contributed by atoms with Gasteiger partial charge in [-0.3, -0.25) is 4.99 Å². The molecule has 2 aliphatic heterocycles. The summed E-state index contributed by atoms with van der Waals surface area (Å²) in [6.07, 6.45) is 0. The molecule has 0 radical (unpaired) electrons. The van der Waals surface area contributed by atoms with Crippen LogP contribution in [0.5, 0.6) is 0 Å². The highest BCUT2D eigenvalue weighted by molar-refractivity contribution is 14.0. The van der Waals surface area contributed by atoms with Gasteiger partial charge in [0, 0.05) is 78.2 Å². The second-order valence-corrected chi connectivity index (χ2v) is 8.08. The Balaban J connectivity index is 0.00000300. The van der Waals surface area contributed by atoms with E-state index in [2.05, 4.69) is 74.1 Å². The molecule has 0 spiro atoms. The molecule has 2 heterocycles. The Morgan fingerprint density at radius 3 is 2.17 bits per heavy atom. The molecule has 0 bridgehead atoms. The van der Waals surface area contributed by atoms with Crippen molar-refractivity contribution >= 4 is 35.6 Å². The molecule has 29 heavy (non-hydrogen) atoms. The molecule has 2 aliphatic rings. The summed E-state index contributed by atoms with van der Waals surface area (Å²) < 4.78 is 0. The van der Waals surface area contributed by atoms with Crippen LogP contribution in [0.4, 0.5) is 5.69 Å². The molecule has 1 aromatic carbocycles. The van der Waals surface area contributed by atoms with E-state index in [-0.39, 0.29) is 24.0 Å². The predicted octanol–water partition coefficient (Wildman–Crippen LogP) is 2.28. The van der Waals surface area contributed by atoms with E-state index in [1.165, 1.54) is 45.0 Å². The molecule has 1 N–H and O–H groups in total. The van der Waals surface area contributed by atoms with Gasteiger partial charge >= 0.3 is 0 Å². The number of aliphatic imine (C=N–C) groups is 1. The zero-order valence-electron chi connectivity index (χ0n) is 18.4. The van der Waals surface area contributed by atoms with Gasteiger partial charge in [0.2, 0.25) is 0 Å². The van der Waals surface area contributed by atoms with Gasteiger partial charge in [0.15, 0.2) is 5.96 Å². The van der Waals surface area contributed by atoms with Gasteiger partial charge < -0.3 is 24.9 Å². The zero-order valence-corrected chi connectivity index (χ0v) is 20.7. The highest BCUT2D eigenvalue weighted by atomic mass is 127. The minimum atomic E-state index is 0. The average molecular weight is 515 g/mol. The minimum Gasteiger partial charge on any atom is -0.368 e. The first kappa shape index (κ1) is 24.2. The van der Waals surface area contributed by atoms with Crippen molar-refractivity contribution in [2.75, 3.05) is 83.9 Å². The number of piperazine rings is 2. The molecular weight excluding hydrogens is 475 g/mol. The first-order valence-corrected chi connectivity index (χ1v) is 10.9. The molecule has 0 amide bonds. The van der Waals surface area contributed by atoms with Crippen LogP contribution in [0.25, 0.3) is 0 Å². The van der Waals surface area contributed by atoms with E-state index in [1.807, 2.05) is 7.05 Å². The van der Waals surface area contributed by atoms with E-state index < -0.39 is 0 Å². The second-order valence-electron chi connectivity index (χ2n) is 8.08. The normalized spacial score (nSPS) is 20.3. The molecule has 0 aliphatic carbocycles. The summed E-state index contributed by atoms with van der Waals surface area (Å²) in [4.78, 5) is 14.5. The van der Waals surface area contributed by atoms with Crippen molar-refractivity contribution in [3.8, 4) is 0 Å². The summed E-state index contributed by atoms with van der Waals surface area (Å²) >= 11 is 0. The van der Waals surface area contributed by atoms with Crippen LogP contribution < -0.4 is 10.2 Å².